The maximum atomic E-state index is 12.1. The number of benzene rings is 1. The van der Waals surface area contributed by atoms with E-state index in [2.05, 4.69) is 20.4 Å². The highest BCUT2D eigenvalue weighted by atomic mass is 16.3. The van der Waals surface area contributed by atoms with Gasteiger partial charge in [0.15, 0.2) is 0 Å². The van der Waals surface area contributed by atoms with E-state index in [0.29, 0.717) is 18.7 Å². The van der Waals surface area contributed by atoms with Crippen molar-refractivity contribution in [1.82, 2.24) is 15.3 Å². The summed E-state index contributed by atoms with van der Waals surface area (Å²) >= 11 is 0. The molecule has 1 saturated heterocycles. The quantitative estimate of drug-likeness (QED) is 0.664. The molecule has 2 heterocycles. The molecule has 3 rings (SSSR count). The third kappa shape index (κ3) is 3.81. The van der Waals surface area contributed by atoms with Gasteiger partial charge in [0, 0.05) is 37.9 Å². The smallest absolute Gasteiger partial charge is 0.337 e. The second-order valence-corrected chi connectivity index (χ2v) is 5.40. The van der Waals surface area contributed by atoms with Gasteiger partial charge in [-0.25, -0.2) is 15.2 Å². The minimum absolute atomic E-state index is 0.125. The molecule has 0 aliphatic carbocycles. The normalized spacial score (nSPS) is 14.8. The Morgan fingerprint density at radius 1 is 1.12 bits per heavy atom. The standard InChI is InChI=1S/C17H19N5O2/c23-15-6-2-1-5-14(15)13-19-20-17(24)22-11-9-21(10-12-22)16-7-3-4-8-18-16/h1-8,13,23H,9-12H2,(H,20,24)/b19-13+. The van der Waals surface area contributed by atoms with Gasteiger partial charge in [0.1, 0.15) is 11.6 Å². The fraction of sp³-hybridized carbons (Fsp3) is 0.235. The lowest BCUT2D eigenvalue weighted by atomic mass is 10.2. The molecule has 0 bridgehead atoms. The Morgan fingerprint density at radius 3 is 2.58 bits per heavy atom. The van der Waals surface area contributed by atoms with Crippen LogP contribution >= 0.6 is 0 Å². The van der Waals surface area contributed by atoms with Crippen LogP contribution in [0.2, 0.25) is 0 Å². The molecule has 0 spiro atoms. The van der Waals surface area contributed by atoms with Gasteiger partial charge in [0.25, 0.3) is 0 Å². The Morgan fingerprint density at radius 2 is 1.88 bits per heavy atom. The van der Waals surface area contributed by atoms with Crippen LogP contribution in [0.4, 0.5) is 10.6 Å². The monoisotopic (exact) mass is 325 g/mol. The van der Waals surface area contributed by atoms with Crippen molar-refractivity contribution in [2.75, 3.05) is 31.1 Å². The van der Waals surface area contributed by atoms with Crippen LogP contribution in [0.5, 0.6) is 5.75 Å². The van der Waals surface area contributed by atoms with E-state index in [-0.39, 0.29) is 11.8 Å². The molecule has 1 aliphatic rings. The lowest BCUT2D eigenvalue weighted by molar-refractivity contribution is 0.195. The lowest BCUT2D eigenvalue weighted by Crippen LogP contribution is -2.51. The summed E-state index contributed by atoms with van der Waals surface area (Å²) in [5, 5.41) is 13.5. The zero-order valence-electron chi connectivity index (χ0n) is 13.2. The van der Waals surface area contributed by atoms with Crippen molar-refractivity contribution in [1.29, 1.82) is 0 Å². The molecule has 2 amide bonds. The highest BCUT2D eigenvalue weighted by molar-refractivity contribution is 5.84. The number of nitrogens with one attached hydrogen (secondary N) is 1. The Kier molecular flexibility index (Phi) is 4.90. The van der Waals surface area contributed by atoms with Crippen molar-refractivity contribution in [3.05, 3.63) is 54.2 Å². The molecular weight excluding hydrogens is 306 g/mol. The maximum Gasteiger partial charge on any atom is 0.337 e. The third-order valence-electron chi connectivity index (χ3n) is 3.84. The van der Waals surface area contributed by atoms with Gasteiger partial charge in [-0.2, -0.15) is 5.10 Å². The number of aromatic hydroxyl groups is 1. The Bertz CT molecular complexity index is 712. The maximum absolute atomic E-state index is 12.1. The second kappa shape index (κ2) is 7.45. The lowest BCUT2D eigenvalue weighted by Gasteiger charge is -2.34. The SMILES string of the molecule is O=C(N/N=C/c1ccccc1O)N1CCN(c2ccccn2)CC1. The molecule has 0 radical (unpaired) electrons. The molecule has 0 unspecified atom stereocenters. The highest BCUT2D eigenvalue weighted by Gasteiger charge is 2.21. The zero-order valence-corrected chi connectivity index (χ0v) is 13.2. The molecule has 7 nitrogen and oxygen atoms in total. The highest BCUT2D eigenvalue weighted by Crippen LogP contribution is 2.13. The van der Waals surface area contributed by atoms with Crippen molar-refractivity contribution in [2.24, 2.45) is 5.10 Å². The van der Waals surface area contributed by atoms with Gasteiger partial charge >= 0.3 is 6.03 Å². The number of hydrazone groups is 1. The fourth-order valence-electron chi connectivity index (χ4n) is 2.50. The summed E-state index contributed by atoms with van der Waals surface area (Å²) in [6, 6.07) is 12.4. The average molecular weight is 325 g/mol. The van der Waals surface area contributed by atoms with E-state index in [0.717, 1.165) is 18.9 Å². The molecule has 1 aliphatic heterocycles. The summed E-state index contributed by atoms with van der Waals surface area (Å²) in [5.41, 5.74) is 3.05. The number of phenolic OH excluding ortho intramolecular Hbond substituents is 1. The molecule has 1 aromatic heterocycles. The number of phenols is 1. The van der Waals surface area contributed by atoms with Crippen molar-refractivity contribution in [3.8, 4) is 5.75 Å². The van der Waals surface area contributed by atoms with Crippen molar-refractivity contribution >= 4 is 18.1 Å². The number of hydrogen-bond acceptors (Lipinski definition) is 5. The number of carbonyl (C=O) groups excluding carboxylic acids is 1. The van der Waals surface area contributed by atoms with Gasteiger partial charge in [0.2, 0.25) is 0 Å². The predicted molar refractivity (Wildman–Crippen MR) is 92.3 cm³/mol. The largest absolute Gasteiger partial charge is 0.507 e. The molecule has 0 atom stereocenters. The van der Waals surface area contributed by atoms with E-state index in [9.17, 15) is 9.90 Å². The summed E-state index contributed by atoms with van der Waals surface area (Å²) in [6.07, 6.45) is 3.19. The van der Waals surface area contributed by atoms with Crippen LogP contribution in [0.25, 0.3) is 0 Å². The first-order valence-electron chi connectivity index (χ1n) is 7.76. The van der Waals surface area contributed by atoms with Crippen LogP contribution in [0.1, 0.15) is 5.56 Å². The Hall–Kier alpha value is -3.09. The van der Waals surface area contributed by atoms with Gasteiger partial charge < -0.3 is 14.9 Å². The number of piperazine rings is 1. The molecule has 1 aromatic carbocycles. The van der Waals surface area contributed by atoms with Gasteiger partial charge in [-0.1, -0.05) is 18.2 Å². The predicted octanol–water partition coefficient (Wildman–Crippen LogP) is 1.65. The number of urea groups is 1. The fourth-order valence-corrected chi connectivity index (χ4v) is 2.50. The first-order chi connectivity index (χ1) is 11.7. The first-order valence-corrected chi connectivity index (χ1v) is 7.76. The van der Waals surface area contributed by atoms with Crippen LogP contribution in [0.3, 0.4) is 0 Å². The summed E-state index contributed by atoms with van der Waals surface area (Å²) in [7, 11) is 0. The number of pyridine rings is 1. The average Bonchev–Trinajstić information content (AvgIpc) is 2.64. The molecule has 7 heteroatoms. The molecule has 1 fully saturated rings. The number of anilines is 1. The van der Waals surface area contributed by atoms with Gasteiger partial charge in [0.05, 0.1) is 6.21 Å². The molecule has 124 valence electrons. The van der Waals surface area contributed by atoms with Crippen LogP contribution in [0, 0.1) is 0 Å². The number of para-hydroxylation sites is 1. The van der Waals surface area contributed by atoms with Gasteiger partial charge in [-0.3, -0.25) is 0 Å². The van der Waals surface area contributed by atoms with Crippen LogP contribution in [0.15, 0.2) is 53.8 Å². The van der Waals surface area contributed by atoms with Crippen LogP contribution in [-0.4, -0.2) is 53.4 Å². The van der Waals surface area contributed by atoms with Crippen molar-refractivity contribution < 1.29 is 9.90 Å². The summed E-state index contributed by atoms with van der Waals surface area (Å²) in [4.78, 5) is 20.3. The third-order valence-corrected chi connectivity index (χ3v) is 3.84. The van der Waals surface area contributed by atoms with Crippen LogP contribution in [-0.2, 0) is 0 Å². The minimum atomic E-state index is -0.248. The van der Waals surface area contributed by atoms with E-state index in [4.69, 9.17) is 0 Å². The van der Waals surface area contributed by atoms with E-state index in [1.165, 1.54) is 6.21 Å². The van der Waals surface area contributed by atoms with E-state index in [1.807, 2.05) is 18.2 Å². The molecular formula is C17H19N5O2. The number of carbonyl (C=O) groups is 1. The molecule has 2 aromatic rings. The summed E-state index contributed by atoms with van der Waals surface area (Å²) in [6.45, 7) is 2.67. The van der Waals surface area contributed by atoms with E-state index >= 15 is 0 Å². The zero-order chi connectivity index (χ0) is 16.8. The Labute approximate surface area is 140 Å². The van der Waals surface area contributed by atoms with E-state index < -0.39 is 0 Å². The number of amides is 2. The van der Waals surface area contributed by atoms with Gasteiger partial charge in [-0.15, -0.1) is 0 Å². The number of rotatable bonds is 3. The molecule has 0 saturated carbocycles. The molecule has 24 heavy (non-hydrogen) atoms. The first kappa shape index (κ1) is 15.8. The van der Waals surface area contributed by atoms with Gasteiger partial charge in [-0.05, 0) is 24.3 Å². The number of nitrogens with zero attached hydrogens (tertiary/aromatic N) is 4. The summed E-state index contributed by atoms with van der Waals surface area (Å²) in [5.74, 6) is 1.05. The van der Waals surface area contributed by atoms with Crippen molar-refractivity contribution in [3.63, 3.8) is 0 Å². The second-order valence-electron chi connectivity index (χ2n) is 5.40. The Balaban J connectivity index is 1.50. The number of aromatic nitrogens is 1. The molecule has 2 N–H and O–H groups in total. The number of hydrogen-bond donors (Lipinski definition) is 2. The van der Waals surface area contributed by atoms with E-state index in [1.54, 1.807) is 35.4 Å². The summed E-state index contributed by atoms with van der Waals surface area (Å²) < 4.78 is 0. The van der Waals surface area contributed by atoms with Crippen LogP contribution < -0.4 is 10.3 Å². The topological polar surface area (TPSA) is 81.1 Å². The minimum Gasteiger partial charge on any atom is -0.507 e. The van der Waals surface area contributed by atoms with Crippen molar-refractivity contribution in [2.45, 2.75) is 0 Å².